The molecule has 7 heteroatoms. The Kier molecular flexibility index (Phi) is 6.41. The van der Waals surface area contributed by atoms with Crippen LogP contribution in [0, 0.1) is 0 Å². The number of hydrogen-bond donors (Lipinski definition) is 0. The van der Waals surface area contributed by atoms with E-state index < -0.39 is 23.5 Å². The zero-order valence-electron chi connectivity index (χ0n) is 16.5. The van der Waals surface area contributed by atoms with E-state index in [0.29, 0.717) is 5.69 Å². The third-order valence-electron chi connectivity index (χ3n) is 3.67. The van der Waals surface area contributed by atoms with Crippen LogP contribution < -0.4 is 4.90 Å². The van der Waals surface area contributed by atoms with Crippen LogP contribution in [0.3, 0.4) is 0 Å². The number of hydrogen-bond acceptors (Lipinski definition) is 7. The summed E-state index contributed by atoms with van der Waals surface area (Å²) in [4.78, 5) is 38.9. The minimum absolute atomic E-state index is 0.00154. The van der Waals surface area contributed by atoms with Gasteiger partial charge in [-0.2, -0.15) is 0 Å². The van der Waals surface area contributed by atoms with Gasteiger partial charge < -0.3 is 19.1 Å². The Morgan fingerprint density at radius 3 is 2.14 bits per heavy atom. The van der Waals surface area contributed by atoms with Gasteiger partial charge in [0, 0.05) is 6.20 Å². The average Bonchev–Trinajstić information content (AvgIpc) is 2.88. The number of ether oxygens (including phenoxy) is 3. The van der Waals surface area contributed by atoms with Crippen LogP contribution in [0.2, 0.25) is 0 Å². The van der Waals surface area contributed by atoms with Crippen LogP contribution in [0.4, 0.5) is 5.69 Å². The van der Waals surface area contributed by atoms with E-state index in [4.69, 9.17) is 14.2 Å². The van der Waals surface area contributed by atoms with Crippen molar-refractivity contribution >= 4 is 23.6 Å². The second-order valence-electron chi connectivity index (χ2n) is 6.84. The van der Waals surface area contributed by atoms with Crippen molar-refractivity contribution in [3.05, 3.63) is 65.5 Å². The van der Waals surface area contributed by atoms with E-state index in [1.54, 1.807) is 63.4 Å². The van der Waals surface area contributed by atoms with Crippen LogP contribution in [0.1, 0.15) is 31.1 Å². The lowest BCUT2D eigenvalue weighted by Crippen LogP contribution is -2.29. The van der Waals surface area contributed by atoms with E-state index in [1.165, 1.54) is 25.2 Å². The number of anilines is 1. The van der Waals surface area contributed by atoms with Crippen LogP contribution in [0.25, 0.3) is 0 Å². The largest absolute Gasteiger partial charge is 0.465 e. The molecule has 0 aliphatic carbocycles. The van der Waals surface area contributed by atoms with E-state index in [9.17, 15) is 14.4 Å². The van der Waals surface area contributed by atoms with Gasteiger partial charge >= 0.3 is 17.9 Å². The number of nitrogens with zero attached hydrogens (tertiary/aromatic N) is 1. The molecule has 0 atom stereocenters. The maximum Gasteiger partial charge on any atom is 0.355 e. The monoisotopic (exact) mass is 385 g/mol. The van der Waals surface area contributed by atoms with Crippen LogP contribution in [-0.2, 0) is 23.8 Å². The molecular weight excluding hydrogens is 362 g/mol. The lowest BCUT2D eigenvalue weighted by Gasteiger charge is -2.26. The highest BCUT2D eigenvalue weighted by molar-refractivity contribution is 6.07. The summed E-state index contributed by atoms with van der Waals surface area (Å²) >= 11 is 0. The van der Waals surface area contributed by atoms with E-state index >= 15 is 0 Å². The molecule has 1 aliphatic heterocycles. The summed E-state index contributed by atoms with van der Waals surface area (Å²) in [6.45, 7) is 5.29. The fourth-order valence-electron chi connectivity index (χ4n) is 2.54. The molecule has 0 saturated heterocycles. The van der Waals surface area contributed by atoms with E-state index in [-0.39, 0.29) is 16.8 Å². The predicted molar refractivity (Wildman–Crippen MR) is 103 cm³/mol. The van der Waals surface area contributed by atoms with Gasteiger partial charge in [-0.25, -0.2) is 14.4 Å². The van der Waals surface area contributed by atoms with Crippen molar-refractivity contribution in [3.63, 3.8) is 0 Å². The number of methoxy groups -OCH3 is 2. The number of benzene rings is 1. The van der Waals surface area contributed by atoms with Crippen LogP contribution >= 0.6 is 0 Å². The number of para-hydroxylation sites is 1. The van der Waals surface area contributed by atoms with Gasteiger partial charge in [0.05, 0.1) is 31.0 Å². The molecule has 1 aromatic rings. The molecule has 2 rings (SSSR count). The van der Waals surface area contributed by atoms with E-state index in [1.807, 2.05) is 0 Å². The maximum absolute atomic E-state index is 12.7. The zero-order chi connectivity index (χ0) is 20.9. The average molecular weight is 385 g/mol. The highest BCUT2D eigenvalue weighted by Gasteiger charge is 2.30. The number of carbonyl (C=O) groups excluding carboxylic acids is 3. The first-order chi connectivity index (χ1) is 13.2. The van der Waals surface area contributed by atoms with Gasteiger partial charge in [-0.3, -0.25) is 0 Å². The Morgan fingerprint density at radius 1 is 0.893 bits per heavy atom. The molecule has 0 saturated carbocycles. The lowest BCUT2D eigenvalue weighted by atomic mass is 10.1. The molecule has 0 unspecified atom stereocenters. The summed E-state index contributed by atoms with van der Waals surface area (Å²) in [5, 5.41) is 0. The van der Waals surface area contributed by atoms with Gasteiger partial charge in [0.2, 0.25) is 0 Å². The van der Waals surface area contributed by atoms with Gasteiger partial charge in [-0.05, 0) is 45.1 Å². The van der Waals surface area contributed by atoms with Crippen molar-refractivity contribution in [2.45, 2.75) is 26.4 Å². The van der Waals surface area contributed by atoms with Crippen LogP contribution in [0.15, 0.2) is 60.0 Å². The molecule has 1 aliphatic rings. The topological polar surface area (TPSA) is 82.1 Å². The van der Waals surface area contributed by atoms with Crippen molar-refractivity contribution < 1.29 is 28.6 Å². The van der Waals surface area contributed by atoms with Gasteiger partial charge in [0.1, 0.15) is 11.3 Å². The summed E-state index contributed by atoms with van der Waals surface area (Å²) < 4.78 is 15.1. The standard InChI is InChI=1S/C21H23NO6/c1-21(2,3)28-19(24)14-10-6-7-12-16(14)22-13-9-8-11-15(18(23)26-4)17(22)20(25)27-5/h6-13H,1-5H3. The van der Waals surface area contributed by atoms with Crippen molar-refractivity contribution in [3.8, 4) is 0 Å². The Labute approximate surface area is 163 Å². The molecule has 0 fully saturated rings. The molecule has 7 nitrogen and oxygen atoms in total. The van der Waals surface area contributed by atoms with Gasteiger partial charge in [-0.15, -0.1) is 0 Å². The molecule has 0 spiro atoms. The minimum atomic E-state index is -0.754. The summed E-state index contributed by atoms with van der Waals surface area (Å²) in [6.07, 6.45) is 6.22. The molecular formula is C21H23NO6. The van der Waals surface area contributed by atoms with Gasteiger partial charge in [0.15, 0.2) is 0 Å². The fourth-order valence-corrected chi connectivity index (χ4v) is 2.54. The highest BCUT2D eigenvalue weighted by atomic mass is 16.6. The summed E-state index contributed by atoms with van der Waals surface area (Å²) in [5.74, 6) is -2.02. The SMILES string of the molecule is COC(=O)C1=C(C(=O)OC)N(c2ccccc2C(=O)OC(C)(C)C)C=CC=C1. The number of rotatable bonds is 4. The van der Waals surface area contributed by atoms with Crippen molar-refractivity contribution in [1.82, 2.24) is 0 Å². The molecule has 1 heterocycles. The maximum atomic E-state index is 12.7. The van der Waals surface area contributed by atoms with Crippen molar-refractivity contribution in [2.75, 3.05) is 19.1 Å². The molecule has 0 N–H and O–H groups in total. The van der Waals surface area contributed by atoms with E-state index in [2.05, 4.69) is 0 Å². The number of allylic oxidation sites excluding steroid dienone is 2. The first-order valence-electron chi connectivity index (χ1n) is 8.57. The molecule has 0 radical (unpaired) electrons. The second-order valence-corrected chi connectivity index (χ2v) is 6.84. The first kappa shape index (κ1) is 21.0. The van der Waals surface area contributed by atoms with Crippen molar-refractivity contribution in [1.29, 1.82) is 0 Å². The van der Waals surface area contributed by atoms with E-state index in [0.717, 1.165) is 0 Å². The van der Waals surface area contributed by atoms with Gasteiger partial charge in [0.25, 0.3) is 0 Å². The normalized spacial score (nSPS) is 13.8. The predicted octanol–water partition coefficient (Wildman–Crippen LogP) is 3.13. The quantitative estimate of drug-likeness (QED) is 0.582. The number of esters is 3. The molecule has 0 aromatic heterocycles. The Bertz CT molecular complexity index is 873. The lowest BCUT2D eigenvalue weighted by molar-refractivity contribution is -0.139. The first-order valence-corrected chi connectivity index (χ1v) is 8.57. The third kappa shape index (κ3) is 4.68. The van der Waals surface area contributed by atoms with Crippen LogP contribution in [-0.4, -0.2) is 37.7 Å². The van der Waals surface area contributed by atoms with Crippen molar-refractivity contribution in [2.24, 2.45) is 0 Å². The fraction of sp³-hybridized carbons (Fsp3) is 0.286. The molecule has 0 bridgehead atoms. The third-order valence-corrected chi connectivity index (χ3v) is 3.67. The van der Waals surface area contributed by atoms with Gasteiger partial charge in [-0.1, -0.05) is 18.2 Å². The number of carbonyl (C=O) groups is 3. The smallest absolute Gasteiger partial charge is 0.355 e. The molecule has 1 aromatic carbocycles. The highest BCUT2D eigenvalue weighted by Crippen LogP contribution is 2.30. The summed E-state index contributed by atoms with van der Waals surface area (Å²) in [7, 11) is 2.43. The Hall–Kier alpha value is -3.35. The minimum Gasteiger partial charge on any atom is -0.465 e. The molecule has 0 amide bonds. The molecule has 148 valence electrons. The molecule has 28 heavy (non-hydrogen) atoms. The summed E-state index contributed by atoms with van der Waals surface area (Å²) in [5.41, 5.74) is -0.180. The second kappa shape index (κ2) is 8.56. The Balaban J connectivity index is 2.67. The zero-order valence-corrected chi connectivity index (χ0v) is 16.5. The summed E-state index contributed by atoms with van der Waals surface area (Å²) in [6, 6.07) is 6.63. The van der Waals surface area contributed by atoms with Crippen LogP contribution in [0.5, 0.6) is 0 Å². The Morgan fingerprint density at radius 2 is 1.54 bits per heavy atom.